The second kappa shape index (κ2) is 10.5. The van der Waals surface area contributed by atoms with Crippen LogP contribution in [0.1, 0.15) is 31.2 Å². The number of halogens is 2. The Labute approximate surface area is 159 Å². The van der Waals surface area contributed by atoms with Crippen molar-refractivity contribution in [3.05, 3.63) is 22.7 Å². The van der Waals surface area contributed by atoms with E-state index in [0.717, 1.165) is 24.9 Å². The van der Waals surface area contributed by atoms with E-state index < -0.39 is 0 Å². The van der Waals surface area contributed by atoms with Gasteiger partial charge in [-0.05, 0) is 37.9 Å². The first-order chi connectivity index (χ1) is 11.5. The largest absolute Gasteiger partial charge is 0.495 e. The third-order valence-electron chi connectivity index (χ3n) is 4.02. The van der Waals surface area contributed by atoms with Gasteiger partial charge in [0, 0.05) is 36.5 Å². The number of nitrogens with one attached hydrogen (secondary N) is 3. The van der Waals surface area contributed by atoms with E-state index in [1.165, 1.54) is 7.11 Å². The highest BCUT2D eigenvalue weighted by Crippen LogP contribution is 2.30. The molecule has 0 radical (unpaired) electrons. The lowest BCUT2D eigenvalue weighted by atomic mass is 10.1. The van der Waals surface area contributed by atoms with E-state index in [9.17, 15) is 9.59 Å². The Balaban J connectivity index is 0.00000312. The molecule has 1 aromatic rings. The Hall–Kier alpha value is -1.50. The van der Waals surface area contributed by atoms with Crippen LogP contribution in [0.2, 0.25) is 5.02 Å². The van der Waals surface area contributed by atoms with Crippen LogP contribution >= 0.6 is 24.0 Å². The summed E-state index contributed by atoms with van der Waals surface area (Å²) in [6.07, 6.45) is 2.81. The number of anilines is 1. The number of aryl methyl sites for hydroxylation is 1. The first-order valence-electron chi connectivity index (χ1n) is 8.13. The van der Waals surface area contributed by atoms with Crippen molar-refractivity contribution in [1.82, 2.24) is 10.6 Å². The van der Waals surface area contributed by atoms with E-state index >= 15 is 0 Å². The molecule has 0 bridgehead atoms. The Morgan fingerprint density at radius 1 is 1.36 bits per heavy atom. The zero-order valence-corrected chi connectivity index (χ0v) is 16.1. The van der Waals surface area contributed by atoms with E-state index in [2.05, 4.69) is 16.0 Å². The fourth-order valence-corrected chi connectivity index (χ4v) is 2.84. The Morgan fingerprint density at radius 2 is 2.12 bits per heavy atom. The molecular weight excluding hydrogens is 365 g/mol. The third kappa shape index (κ3) is 6.72. The van der Waals surface area contributed by atoms with Gasteiger partial charge < -0.3 is 20.7 Å². The monoisotopic (exact) mass is 389 g/mol. The van der Waals surface area contributed by atoms with Crippen LogP contribution in [0, 0.1) is 6.92 Å². The fraction of sp³-hybridized carbons (Fsp3) is 0.529. The molecular formula is C17H25Cl2N3O3. The van der Waals surface area contributed by atoms with Crippen molar-refractivity contribution in [3.63, 3.8) is 0 Å². The number of ether oxygens (including phenoxy) is 1. The molecule has 6 nitrogen and oxygen atoms in total. The average molecular weight is 390 g/mol. The Bertz CT molecular complexity index is 605. The van der Waals surface area contributed by atoms with Crippen molar-refractivity contribution < 1.29 is 14.3 Å². The van der Waals surface area contributed by atoms with Crippen LogP contribution < -0.4 is 20.7 Å². The van der Waals surface area contributed by atoms with Crippen molar-refractivity contribution in [2.75, 3.05) is 25.5 Å². The number of amides is 2. The maximum Gasteiger partial charge on any atom is 0.226 e. The molecule has 0 spiro atoms. The van der Waals surface area contributed by atoms with Gasteiger partial charge in [0.2, 0.25) is 11.8 Å². The predicted molar refractivity (Wildman–Crippen MR) is 102 cm³/mol. The second-order valence-electron chi connectivity index (χ2n) is 5.95. The maximum absolute atomic E-state index is 12.0. The Kier molecular flexibility index (Phi) is 9.03. The smallest absolute Gasteiger partial charge is 0.226 e. The molecule has 0 aromatic heterocycles. The predicted octanol–water partition coefficient (Wildman–Crippen LogP) is 2.67. The molecule has 1 fully saturated rings. The highest BCUT2D eigenvalue weighted by Gasteiger charge is 2.17. The van der Waals surface area contributed by atoms with Crippen molar-refractivity contribution in [3.8, 4) is 5.75 Å². The third-order valence-corrected chi connectivity index (χ3v) is 4.43. The summed E-state index contributed by atoms with van der Waals surface area (Å²) < 4.78 is 5.22. The van der Waals surface area contributed by atoms with Gasteiger partial charge in [0.25, 0.3) is 0 Å². The molecule has 3 N–H and O–H groups in total. The topological polar surface area (TPSA) is 79.5 Å². The summed E-state index contributed by atoms with van der Waals surface area (Å²) in [6, 6.07) is 3.70. The number of hydrogen-bond donors (Lipinski definition) is 3. The van der Waals surface area contributed by atoms with Gasteiger partial charge in [-0.1, -0.05) is 11.6 Å². The number of carbonyl (C=O) groups is 2. The minimum Gasteiger partial charge on any atom is -0.495 e. The van der Waals surface area contributed by atoms with Crippen LogP contribution in [0.3, 0.4) is 0 Å². The molecule has 1 aliphatic heterocycles. The van der Waals surface area contributed by atoms with Gasteiger partial charge >= 0.3 is 0 Å². The van der Waals surface area contributed by atoms with Crippen LogP contribution in [0.15, 0.2) is 12.1 Å². The SMILES string of the molecule is COc1cc(Cl)c(C)cc1NC(=O)CCNC(=O)CC1CCCN1.Cl. The summed E-state index contributed by atoms with van der Waals surface area (Å²) in [5.41, 5.74) is 1.43. The van der Waals surface area contributed by atoms with Gasteiger partial charge in [-0.3, -0.25) is 9.59 Å². The highest BCUT2D eigenvalue weighted by molar-refractivity contribution is 6.31. The van der Waals surface area contributed by atoms with Crippen molar-refractivity contribution in [2.24, 2.45) is 0 Å². The van der Waals surface area contributed by atoms with Gasteiger partial charge in [0.15, 0.2) is 0 Å². The average Bonchev–Trinajstić information content (AvgIpc) is 3.03. The summed E-state index contributed by atoms with van der Waals surface area (Å²) in [6.45, 7) is 3.14. The minimum atomic E-state index is -0.186. The molecule has 1 saturated heterocycles. The van der Waals surface area contributed by atoms with Crippen molar-refractivity contribution in [1.29, 1.82) is 0 Å². The van der Waals surface area contributed by atoms with E-state index in [0.29, 0.717) is 29.4 Å². The normalized spacial score (nSPS) is 16.0. The summed E-state index contributed by atoms with van der Waals surface area (Å²) in [7, 11) is 1.52. The molecule has 1 aliphatic rings. The summed E-state index contributed by atoms with van der Waals surface area (Å²) in [5, 5.41) is 9.43. The lowest BCUT2D eigenvalue weighted by Crippen LogP contribution is -2.33. The van der Waals surface area contributed by atoms with Crippen LogP contribution in [-0.4, -0.2) is 38.1 Å². The number of carbonyl (C=O) groups excluding carboxylic acids is 2. The molecule has 25 heavy (non-hydrogen) atoms. The molecule has 1 heterocycles. The van der Waals surface area contributed by atoms with Gasteiger partial charge in [-0.2, -0.15) is 0 Å². The van der Waals surface area contributed by atoms with Gasteiger partial charge in [-0.25, -0.2) is 0 Å². The van der Waals surface area contributed by atoms with Gasteiger partial charge in [-0.15, -0.1) is 12.4 Å². The molecule has 140 valence electrons. The van der Waals surface area contributed by atoms with Crippen LogP contribution in [-0.2, 0) is 9.59 Å². The molecule has 8 heteroatoms. The molecule has 0 saturated carbocycles. The quantitative estimate of drug-likeness (QED) is 0.669. The molecule has 1 unspecified atom stereocenters. The standard InChI is InChI=1S/C17H24ClN3O3.ClH/c1-11-8-14(15(24-2)10-13(11)18)21-16(22)5-7-20-17(23)9-12-4-3-6-19-12;/h8,10,12,19H,3-7,9H2,1-2H3,(H,20,23)(H,21,22);1H. The van der Waals surface area contributed by atoms with E-state index in [1.807, 2.05) is 6.92 Å². The maximum atomic E-state index is 12.0. The van der Waals surface area contributed by atoms with E-state index in [4.69, 9.17) is 16.3 Å². The van der Waals surface area contributed by atoms with E-state index in [1.54, 1.807) is 12.1 Å². The summed E-state index contributed by atoms with van der Waals surface area (Å²) in [4.78, 5) is 23.8. The summed E-state index contributed by atoms with van der Waals surface area (Å²) >= 11 is 6.04. The molecule has 0 aliphatic carbocycles. The van der Waals surface area contributed by atoms with Crippen molar-refractivity contribution >= 4 is 41.5 Å². The fourth-order valence-electron chi connectivity index (χ4n) is 2.68. The molecule has 1 atom stereocenters. The lowest BCUT2D eigenvalue weighted by molar-refractivity contribution is -0.121. The number of hydrogen-bond acceptors (Lipinski definition) is 4. The number of methoxy groups -OCH3 is 1. The van der Waals surface area contributed by atoms with Crippen LogP contribution in [0.5, 0.6) is 5.75 Å². The minimum absolute atomic E-state index is 0. The molecule has 1 aromatic carbocycles. The lowest BCUT2D eigenvalue weighted by Gasteiger charge is -2.13. The zero-order valence-electron chi connectivity index (χ0n) is 14.5. The van der Waals surface area contributed by atoms with E-state index in [-0.39, 0.29) is 36.7 Å². The van der Waals surface area contributed by atoms with Gasteiger partial charge in [0.1, 0.15) is 5.75 Å². The molecule has 2 amide bonds. The zero-order chi connectivity index (χ0) is 17.5. The van der Waals surface area contributed by atoms with Crippen LogP contribution in [0.25, 0.3) is 0 Å². The first kappa shape index (κ1) is 21.5. The number of benzene rings is 1. The second-order valence-corrected chi connectivity index (χ2v) is 6.35. The van der Waals surface area contributed by atoms with Crippen molar-refractivity contribution in [2.45, 2.75) is 38.6 Å². The summed E-state index contributed by atoms with van der Waals surface area (Å²) in [5.74, 6) is 0.298. The molecule has 2 rings (SSSR count). The number of rotatable bonds is 7. The van der Waals surface area contributed by atoms with Gasteiger partial charge in [0.05, 0.1) is 12.8 Å². The Morgan fingerprint density at radius 3 is 2.76 bits per heavy atom. The van der Waals surface area contributed by atoms with Crippen LogP contribution in [0.4, 0.5) is 5.69 Å². The highest BCUT2D eigenvalue weighted by atomic mass is 35.5. The first-order valence-corrected chi connectivity index (χ1v) is 8.51.